The van der Waals surface area contributed by atoms with Gasteiger partial charge >= 0.3 is 0 Å². The Balaban J connectivity index is 1.90. The van der Waals surface area contributed by atoms with Gasteiger partial charge in [-0.1, -0.05) is 36.1 Å². The minimum atomic E-state index is -0.0991. The molecule has 0 spiro atoms. The summed E-state index contributed by atoms with van der Waals surface area (Å²) in [6.07, 6.45) is 1.68. The largest absolute Gasteiger partial charge is 0.507 e. The summed E-state index contributed by atoms with van der Waals surface area (Å²) in [4.78, 5) is 14.3. The van der Waals surface area contributed by atoms with Gasteiger partial charge in [0.25, 0.3) is 5.91 Å². The van der Waals surface area contributed by atoms with Gasteiger partial charge in [-0.3, -0.25) is 9.69 Å². The summed E-state index contributed by atoms with van der Waals surface area (Å²) in [5, 5.41) is 9.84. The smallest absolute Gasteiger partial charge is 0.266 e. The molecule has 0 aliphatic carbocycles. The van der Waals surface area contributed by atoms with Crippen molar-refractivity contribution in [1.29, 1.82) is 0 Å². The Kier molecular flexibility index (Phi) is 4.04. The highest BCUT2D eigenvalue weighted by Gasteiger charge is 2.30. The molecule has 2 heterocycles. The minimum Gasteiger partial charge on any atom is -0.507 e. The van der Waals surface area contributed by atoms with Crippen molar-refractivity contribution < 1.29 is 14.3 Å². The molecule has 1 aromatic heterocycles. The van der Waals surface area contributed by atoms with Crippen molar-refractivity contribution in [2.24, 2.45) is 0 Å². The Morgan fingerprint density at radius 2 is 2.09 bits per heavy atom. The molecule has 1 fully saturated rings. The molecule has 1 aromatic carbocycles. The van der Waals surface area contributed by atoms with Gasteiger partial charge in [-0.15, -0.1) is 0 Å². The molecule has 4 nitrogen and oxygen atoms in total. The molecule has 1 aliphatic rings. The molecule has 3 rings (SSSR count). The number of thioether (sulfide) groups is 1. The van der Waals surface area contributed by atoms with Crippen LogP contribution < -0.4 is 0 Å². The van der Waals surface area contributed by atoms with Crippen LogP contribution in [0.1, 0.15) is 12.7 Å². The van der Waals surface area contributed by atoms with Crippen LogP contribution in [0.25, 0.3) is 17.4 Å². The van der Waals surface area contributed by atoms with Gasteiger partial charge in [-0.25, -0.2) is 0 Å². The van der Waals surface area contributed by atoms with Crippen molar-refractivity contribution in [3.05, 3.63) is 47.1 Å². The molecule has 0 atom stereocenters. The first-order valence-corrected chi connectivity index (χ1v) is 7.96. The van der Waals surface area contributed by atoms with E-state index < -0.39 is 0 Å². The lowest BCUT2D eigenvalue weighted by atomic mass is 10.1. The fraction of sp³-hybridized carbons (Fsp3) is 0.125. The third-order valence-corrected chi connectivity index (χ3v) is 4.64. The first-order valence-electron chi connectivity index (χ1n) is 6.73. The fourth-order valence-corrected chi connectivity index (χ4v) is 3.52. The third-order valence-electron chi connectivity index (χ3n) is 3.26. The van der Waals surface area contributed by atoms with Gasteiger partial charge in [0.05, 0.1) is 10.5 Å². The van der Waals surface area contributed by atoms with Crippen molar-refractivity contribution >= 4 is 40.3 Å². The predicted molar refractivity (Wildman–Crippen MR) is 91.4 cm³/mol. The van der Waals surface area contributed by atoms with Crippen LogP contribution >= 0.6 is 24.0 Å². The van der Waals surface area contributed by atoms with Crippen LogP contribution in [0.5, 0.6) is 5.75 Å². The van der Waals surface area contributed by atoms with Crippen LogP contribution in [0.2, 0.25) is 0 Å². The first kappa shape index (κ1) is 14.9. The van der Waals surface area contributed by atoms with E-state index in [1.54, 1.807) is 41.3 Å². The van der Waals surface area contributed by atoms with Gasteiger partial charge < -0.3 is 9.52 Å². The zero-order valence-corrected chi connectivity index (χ0v) is 13.4. The van der Waals surface area contributed by atoms with Gasteiger partial charge in [0.2, 0.25) is 0 Å². The van der Waals surface area contributed by atoms with Gasteiger partial charge in [-0.2, -0.15) is 0 Å². The van der Waals surface area contributed by atoms with E-state index in [0.717, 1.165) is 0 Å². The van der Waals surface area contributed by atoms with Gasteiger partial charge in [0, 0.05) is 12.6 Å². The van der Waals surface area contributed by atoms with E-state index in [9.17, 15) is 9.90 Å². The standard InChI is InChI=1S/C16H13NO3S2/c1-2-17-15(19)14(22-16(17)21)9-10-7-8-13(20-10)11-5-3-4-6-12(11)18/h3-9,18H,2H2,1H3. The number of aromatic hydroxyl groups is 1. The van der Waals surface area contributed by atoms with Crippen LogP contribution in [0.3, 0.4) is 0 Å². The predicted octanol–water partition coefficient (Wildman–Crippen LogP) is 3.87. The Morgan fingerprint density at radius 3 is 2.77 bits per heavy atom. The molecule has 6 heteroatoms. The number of rotatable bonds is 3. The lowest BCUT2D eigenvalue weighted by molar-refractivity contribution is -0.121. The molecule has 1 amide bonds. The Morgan fingerprint density at radius 1 is 1.32 bits per heavy atom. The minimum absolute atomic E-state index is 0.0991. The molecule has 22 heavy (non-hydrogen) atoms. The maximum Gasteiger partial charge on any atom is 0.266 e. The number of para-hydroxylation sites is 1. The van der Waals surface area contributed by atoms with Crippen LogP contribution in [0.4, 0.5) is 0 Å². The Bertz CT molecular complexity index is 779. The average molecular weight is 331 g/mol. The Hall–Kier alpha value is -2.05. The number of furan rings is 1. The Labute approximate surface area is 137 Å². The highest BCUT2D eigenvalue weighted by atomic mass is 32.2. The summed E-state index contributed by atoms with van der Waals surface area (Å²) < 4.78 is 6.26. The normalized spacial score (nSPS) is 16.8. The molecule has 112 valence electrons. The number of hydrogen-bond acceptors (Lipinski definition) is 5. The maximum absolute atomic E-state index is 12.1. The molecule has 0 saturated carbocycles. The van der Waals surface area contributed by atoms with E-state index in [2.05, 4.69) is 0 Å². The number of phenolic OH excluding ortho intramolecular Hbond substituents is 1. The molecule has 1 N–H and O–H groups in total. The van der Waals surface area contributed by atoms with Crippen LogP contribution in [-0.4, -0.2) is 26.8 Å². The first-order chi connectivity index (χ1) is 10.6. The third kappa shape index (κ3) is 2.67. The highest BCUT2D eigenvalue weighted by Crippen LogP contribution is 2.34. The summed E-state index contributed by atoms with van der Waals surface area (Å²) in [6.45, 7) is 2.44. The molecule has 0 unspecified atom stereocenters. The quantitative estimate of drug-likeness (QED) is 0.683. The van der Waals surface area contributed by atoms with E-state index in [1.165, 1.54) is 11.8 Å². The number of hydrogen-bond donors (Lipinski definition) is 1. The highest BCUT2D eigenvalue weighted by molar-refractivity contribution is 8.26. The number of amides is 1. The van der Waals surface area contributed by atoms with E-state index in [1.807, 2.05) is 13.0 Å². The van der Waals surface area contributed by atoms with E-state index in [-0.39, 0.29) is 11.7 Å². The van der Waals surface area contributed by atoms with E-state index in [4.69, 9.17) is 16.6 Å². The molecular weight excluding hydrogens is 318 g/mol. The molecule has 0 bridgehead atoms. The van der Waals surface area contributed by atoms with Gasteiger partial charge in [-0.05, 0) is 31.2 Å². The number of nitrogens with zero attached hydrogens (tertiary/aromatic N) is 1. The van der Waals surface area contributed by atoms with Gasteiger partial charge in [0.15, 0.2) is 0 Å². The van der Waals surface area contributed by atoms with E-state index >= 15 is 0 Å². The number of carbonyl (C=O) groups excluding carboxylic acids is 1. The van der Waals surface area contributed by atoms with Crippen LogP contribution in [0, 0.1) is 0 Å². The van der Waals surface area contributed by atoms with Crippen molar-refractivity contribution in [3.63, 3.8) is 0 Å². The lowest BCUT2D eigenvalue weighted by Gasteiger charge is -2.09. The maximum atomic E-state index is 12.1. The number of benzene rings is 1. The van der Waals surface area contributed by atoms with Crippen molar-refractivity contribution in [3.8, 4) is 17.1 Å². The van der Waals surface area contributed by atoms with Crippen molar-refractivity contribution in [2.45, 2.75) is 6.92 Å². The lowest BCUT2D eigenvalue weighted by Crippen LogP contribution is -2.27. The van der Waals surface area contributed by atoms with E-state index in [0.29, 0.717) is 32.9 Å². The summed E-state index contributed by atoms with van der Waals surface area (Å²) in [5.74, 6) is 1.16. The fourth-order valence-electron chi connectivity index (χ4n) is 2.16. The molecule has 1 saturated heterocycles. The summed E-state index contributed by atoms with van der Waals surface area (Å²) in [7, 11) is 0. The second-order valence-electron chi connectivity index (χ2n) is 4.65. The van der Waals surface area contributed by atoms with Crippen molar-refractivity contribution in [1.82, 2.24) is 4.90 Å². The summed E-state index contributed by atoms with van der Waals surface area (Å²) in [6, 6.07) is 10.5. The number of phenols is 1. The van der Waals surface area contributed by atoms with Crippen LogP contribution in [0.15, 0.2) is 45.7 Å². The summed E-state index contributed by atoms with van der Waals surface area (Å²) in [5.41, 5.74) is 0.614. The van der Waals surface area contributed by atoms with Crippen molar-refractivity contribution in [2.75, 3.05) is 6.54 Å². The SMILES string of the molecule is CCN1C(=O)C(=Cc2ccc(-c3ccccc3O)o2)SC1=S. The monoisotopic (exact) mass is 331 g/mol. The topological polar surface area (TPSA) is 53.7 Å². The average Bonchev–Trinajstić information content (AvgIpc) is 3.05. The number of carbonyl (C=O) groups is 1. The van der Waals surface area contributed by atoms with Gasteiger partial charge in [0.1, 0.15) is 21.6 Å². The number of thiocarbonyl (C=S) groups is 1. The number of likely N-dealkylation sites (N-methyl/N-ethyl adjacent to an activating group) is 1. The zero-order chi connectivity index (χ0) is 15.7. The molecular formula is C16H13NO3S2. The van der Waals surface area contributed by atoms with Crippen LogP contribution in [-0.2, 0) is 4.79 Å². The molecule has 0 radical (unpaired) electrons. The molecule has 2 aromatic rings. The second-order valence-corrected chi connectivity index (χ2v) is 6.32. The second kappa shape index (κ2) is 5.98. The molecule has 1 aliphatic heterocycles. The zero-order valence-electron chi connectivity index (χ0n) is 11.8. The summed E-state index contributed by atoms with van der Waals surface area (Å²) >= 11 is 6.44.